The third-order valence-corrected chi connectivity index (χ3v) is 1.62. The lowest BCUT2D eigenvalue weighted by atomic mass is 10.4. The smallest absolute Gasteiger partial charge is 0.276 e. The molecular weight excluding hydrogens is 181 g/mol. The van der Waals surface area contributed by atoms with E-state index in [-0.39, 0.29) is 0 Å². The van der Waals surface area contributed by atoms with Crippen LogP contribution in [0.25, 0.3) is 0 Å². The molecule has 0 rings (SSSR count). The molecule has 0 saturated carbocycles. The van der Waals surface area contributed by atoms with Gasteiger partial charge in [-0.05, 0) is 6.92 Å². The Morgan fingerprint density at radius 2 is 2.09 bits per heavy atom. The van der Waals surface area contributed by atoms with Crippen LogP contribution in [-0.4, -0.2) is 15.8 Å². The zero-order chi connectivity index (χ0) is 9.07. The molecule has 0 saturated heterocycles. The molecular formula is C5H7F3O2S. The molecule has 0 aromatic carbocycles. The Hall–Kier alpha value is -0.360. The second-order valence-electron chi connectivity index (χ2n) is 1.72. The van der Waals surface area contributed by atoms with E-state index in [0.29, 0.717) is 0 Å². The monoisotopic (exact) mass is 188 g/mol. The maximum Gasteiger partial charge on any atom is 0.497 e. The van der Waals surface area contributed by atoms with Crippen LogP contribution < -0.4 is 0 Å². The summed E-state index contributed by atoms with van der Waals surface area (Å²) in [6.45, 7) is 4.49. The van der Waals surface area contributed by atoms with Crippen LogP contribution in [0.4, 0.5) is 13.2 Å². The molecule has 0 aromatic heterocycles. The summed E-state index contributed by atoms with van der Waals surface area (Å²) >= 11 is -3.24. The van der Waals surface area contributed by atoms with Crippen molar-refractivity contribution in [2.75, 3.05) is 0 Å². The molecule has 0 N–H and O–H groups in total. The highest BCUT2D eigenvalue weighted by molar-refractivity contribution is 7.81. The van der Waals surface area contributed by atoms with Gasteiger partial charge in [0.2, 0.25) is 0 Å². The quantitative estimate of drug-likeness (QED) is 0.631. The average Bonchev–Trinajstić information content (AvgIpc) is 1.85. The van der Waals surface area contributed by atoms with Crippen molar-refractivity contribution >= 4 is 11.1 Å². The minimum Gasteiger partial charge on any atom is -0.276 e. The molecule has 0 aliphatic heterocycles. The first-order valence-electron chi connectivity index (χ1n) is 2.66. The van der Waals surface area contributed by atoms with Gasteiger partial charge in [0.1, 0.15) is 0 Å². The van der Waals surface area contributed by atoms with Crippen LogP contribution in [0.5, 0.6) is 0 Å². The Balaban J connectivity index is 3.98. The lowest BCUT2D eigenvalue weighted by Gasteiger charge is -2.08. The van der Waals surface area contributed by atoms with Gasteiger partial charge in [0, 0.05) is 0 Å². The van der Waals surface area contributed by atoms with Gasteiger partial charge in [0.15, 0.2) is 0 Å². The summed E-state index contributed by atoms with van der Waals surface area (Å²) in [4.78, 5) is 0. The van der Waals surface area contributed by atoms with E-state index in [1.165, 1.54) is 6.92 Å². The molecule has 0 bridgehead atoms. The summed E-state index contributed by atoms with van der Waals surface area (Å²) in [6, 6.07) is 0. The molecule has 0 amide bonds. The predicted molar refractivity (Wildman–Crippen MR) is 34.9 cm³/mol. The van der Waals surface area contributed by atoms with Crippen LogP contribution in [0.15, 0.2) is 12.7 Å². The van der Waals surface area contributed by atoms with Crippen LogP contribution >= 0.6 is 0 Å². The van der Waals surface area contributed by atoms with Crippen molar-refractivity contribution in [3.05, 3.63) is 12.7 Å². The van der Waals surface area contributed by atoms with Crippen molar-refractivity contribution in [3.8, 4) is 0 Å². The summed E-state index contributed by atoms with van der Waals surface area (Å²) < 4.78 is 48.6. The Bertz CT molecular complexity index is 166. The molecule has 11 heavy (non-hydrogen) atoms. The maximum absolute atomic E-state index is 11.5. The van der Waals surface area contributed by atoms with E-state index in [0.717, 1.165) is 6.08 Å². The number of rotatable bonds is 3. The number of halogens is 3. The van der Waals surface area contributed by atoms with Gasteiger partial charge in [-0.25, -0.2) is 4.21 Å². The minimum atomic E-state index is -4.81. The fraction of sp³-hybridized carbons (Fsp3) is 0.600. The highest BCUT2D eigenvalue weighted by Gasteiger charge is 2.39. The lowest BCUT2D eigenvalue weighted by Crippen LogP contribution is -2.21. The van der Waals surface area contributed by atoms with E-state index >= 15 is 0 Å². The molecule has 6 heteroatoms. The van der Waals surface area contributed by atoms with Crippen LogP contribution in [0.2, 0.25) is 0 Å². The standard InChI is InChI=1S/C5H7F3O2S/c1-3-4(2)10-11(9)5(6,7)8/h3-4H,1H2,2H3. The van der Waals surface area contributed by atoms with Gasteiger partial charge in [0.05, 0.1) is 6.10 Å². The van der Waals surface area contributed by atoms with E-state index in [9.17, 15) is 17.4 Å². The molecule has 0 aliphatic carbocycles. The fourth-order valence-electron chi connectivity index (χ4n) is 0.232. The summed E-state index contributed by atoms with van der Waals surface area (Å²) in [7, 11) is 0. The molecule has 2 atom stereocenters. The van der Waals surface area contributed by atoms with E-state index in [1.54, 1.807) is 0 Å². The summed E-state index contributed by atoms with van der Waals surface area (Å²) in [6.07, 6.45) is 0.265. The zero-order valence-electron chi connectivity index (χ0n) is 5.72. The van der Waals surface area contributed by atoms with Crippen molar-refractivity contribution in [3.63, 3.8) is 0 Å². The SMILES string of the molecule is C=CC(C)OS(=O)C(F)(F)F. The topological polar surface area (TPSA) is 26.3 Å². The van der Waals surface area contributed by atoms with Gasteiger partial charge in [-0.3, -0.25) is 4.18 Å². The van der Waals surface area contributed by atoms with Gasteiger partial charge in [0.25, 0.3) is 11.1 Å². The summed E-state index contributed by atoms with van der Waals surface area (Å²) in [5, 5.41) is 0. The fourth-order valence-corrected chi connectivity index (χ4v) is 0.695. The molecule has 2 unspecified atom stereocenters. The van der Waals surface area contributed by atoms with Crippen molar-refractivity contribution in [1.82, 2.24) is 0 Å². The van der Waals surface area contributed by atoms with Crippen LogP contribution in [-0.2, 0) is 15.3 Å². The maximum atomic E-state index is 11.5. The molecule has 0 radical (unpaired) electrons. The Morgan fingerprint density at radius 1 is 1.64 bits per heavy atom. The van der Waals surface area contributed by atoms with Crippen LogP contribution in [0.3, 0.4) is 0 Å². The second kappa shape index (κ2) is 3.87. The lowest BCUT2D eigenvalue weighted by molar-refractivity contribution is -0.0483. The second-order valence-corrected chi connectivity index (χ2v) is 2.84. The van der Waals surface area contributed by atoms with E-state index in [4.69, 9.17) is 0 Å². The molecule has 0 aliphatic rings. The normalized spacial score (nSPS) is 17.5. The molecule has 2 nitrogen and oxygen atoms in total. The van der Waals surface area contributed by atoms with Crippen molar-refractivity contribution in [2.45, 2.75) is 18.5 Å². The molecule has 0 aromatic rings. The number of hydrogen-bond acceptors (Lipinski definition) is 2. The van der Waals surface area contributed by atoms with E-state index < -0.39 is 22.7 Å². The number of alkyl halides is 3. The molecule has 0 fully saturated rings. The molecule has 0 heterocycles. The average molecular weight is 188 g/mol. The Morgan fingerprint density at radius 3 is 2.36 bits per heavy atom. The summed E-state index contributed by atoms with van der Waals surface area (Å²) in [5.74, 6) is 0. The predicted octanol–water partition coefficient (Wildman–Crippen LogP) is 1.76. The zero-order valence-corrected chi connectivity index (χ0v) is 6.54. The Kier molecular flexibility index (Phi) is 3.74. The van der Waals surface area contributed by atoms with Crippen LogP contribution in [0, 0.1) is 0 Å². The number of hydrogen-bond donors (Lipinski definition) is 0. The van der Waals surface area contributed by atoms with Gasteiger partial charge in [-0.1, -0.05) is 6.08 Å². The largest absolute Gasteiger partial charge is 0.497 e. The molecule has 66 valence electrons. The van der Waals surface area contributed by atoms with E-state index in [1.807, 2.05) is 0 Å². The van der Waals surface area contributed by atoms with E-state index in [2.05, 4.69) is 10.8 Å². The third kappa shape index (κ3) is 4.15. The van der Waals surface area contributed by atoms with Gasteiger partial charge in [-0.15, -0.1) is 6.58 Å². The van der Waals surface area contributed by atoms with Crippen molar-refractivity contribution in [1.29, 1.82) is 0 Å². The first-order valence-corrected chi connectivity index (χ1v) is 3.73. The minimum absolute atomic E-state index is 0.863. The highest BCUT2D eigenvalue weighted by Crippen LogP contribution is 2.21. The van der Waals surface area contributed by atoms with Crippen LogP contribution in [0.1, 0.15) is 6.92 Å². The first kappa shape index (κ1) is 10.6. The van der Waals surface area contributed by atoms with Gasteiger partial charge >= 0.3 is 5.51 Å². The van der Waals surface area contributed by atoms with Gasteiger partial charge in [-0.2, -0.15) is 13.2 Å². The van der Waals surface area contributed by atoms with Gasteiger partial charge < -0.3 is 0 Å². The summed E-state index contributed by atoms with van der Waals surface area (Å²) in [5.41, 5.74) is -4.81. The first-order chi connectivity index (χ1) is 4.88. The van der Waals surface area contributed by atoms with Crippen molar-refractivity contribution in [2.24, 2.45) is 0 Å². The highest BCUT2D eigenvalue weighted by atomic mass is 32.2. The Labute approximate surface area is 64.7 Å². The molecule has 0 spiro atoms. The van der Waals surface area contributed by atoms with Crippen molar-refractivity contribution < 1.29 is 21.6 Å². The third-order valence-electron chi connectivity index (χ3n) is 0.760.